The van der Waals surface area contributed by atoms with E-state index in [0.29, 0.717) is 16.3 Å². The summed E-state index contributed by atoms with van der Waals surface area (Å²) in [7, 11) is 0. The minimum Gasteiger partial charge on any atom is -0.446 e. The number of aryl methyl sites for hydroxylation is 1. The highest BCUT2D eigenvalue weighted by Crippen LogP contribution is 2.16. The summed E-state index contributed by atoms with van der Waals surface area (Å²) in [5, 5.41) is 10.6. The van der Waals surface area contributed by atoms with Gasteiger partial charge in [0.15, 0.2) is 5.54 Å². The summed E-state index contributed by atoms with van der Waals surface area (Å²) in [5.41, 5.74) is -0.127. The van der Waals surface area contributed by atoms with E-state index in [1.807, 2.05) is 19.1 Å². The van der Waals surface area contributed by atoms with E-state index in [-0.39, 0.29) is 6.54 Å². The number of carbonyl (C=O) groups is 4. The van der Waals surface area contributed by atoms with Crippen LogP contribution in [-0.2, 0) is 32.0 Å². The zero-order valence-electron chi connectivity index (χ0n) is 22.3. The molecule has 0 spiro atoms. The molecule has 0 aliphatic heterocycles. The third kappa shape index (κ3) is 10.3. The standard InChI is InChI=1S/C27H35ClN4O6/c1-6-18-11-13-20(14-12-18)31-25(36)37-17-27(5,23(34)29-15-19-9-7-8-10-21(19)28)32-22(33)16-30-24(35)38-26(2,3)4/h7-14H,6,15-17H2,1-5H3,(H,29,34)(H,30,35)(H,31,36)(H,32,33). The number of hydrogen-bond donors (Lipinski definition) is 4. The normalized spacial score (nSPS) is 12.5. The molecule has 0 aliphatic carbocycles. The number of benzene rings is 2. The molecule has 4 N–H and O–H groups in total. The van der Waals surface area contributed by atoms with Crippen molar-refractivity contribution in [2.45, 2.75) is 58.7 Å². The van der Waals surface area contributed by atoms with E-state index in [2.05, 4.69) is 21.3 Å². The van der Waals surface area contributed by atoms with Crippen molar-refractivity contribution in [1.29, 1.82) is 0 Å². The van der Waals surface area contributed by atoms with Crippen LogP contribution in [-0.4, -0.2) is 48.3 Å². The van der Waals surface area contributed by atoms with Crippen LogP contribution < -0.4 is 21.3 Å². The first-order valence-corrected chi connectivity index (χ1v) is 12.5. The van der Waals surface area contributed by atoms with E-state index in [4.69, 9.17) is 21.1 Å². The van der Waals surface area contributed by atoms with Crippen LogP contribution in [0.1, 0.15) is 45.7 Å². The second-order valence-electron chi connectivity index (χ2n) is 9.76. The minimum atomic E-state index is -1.67. The van der Waals surface area contributed by atoms with Crippen molar-refractivity contribution in [3.63, 3.8) is 0 Å². The molecule has 10 nitrogen and oxygen atoms in total. The predicted molar refractivity (Wildman–Crippen MR) is 145 cm³/mol. The molecule has 1 unspecified atom stereocenters. The van der Waals surface area contributed by atoms with Gasteiger partial charge in [-0.25, -0.2) is 9.59 Å². The summed E-state index contributed by atoms with van der Waals surface area (Å²) >= 11 is 6.17. The molecule has 1 atom stereocenters. The lowest BCUT2D eigenvalue weighted by atomic mass is 10.0. The lowest BCUT2D eigenvalue weighted by molar-refractivity contribution is -0.134. The van der Waals surface area contributed by atoms with E-state index >= 15 is 0 Å². The highest BCUT2D eigenvalue weighted by atomic mass is 35.5. The fourth-order valence-electron chi connectivity index (χ4n) is 3.18. The highest BCUT2D eigenvalue weighted by Gasteiger charge is 2.37. The van der Waals surface area contributed by atoms with Gasteiger partial charge in [0.25, 0.3) is 0 Å². The molecule has 2 aromatic carbocycles. The van der Waals surface area contributed by atoms with E-state index < -0.39 is 48.3 Å². The molecule has 0 saturated carbocycles. The third-order valence-corrected chi connectivity index (χ3v) is 5.58. The van der Waals surface area contributed by atoms with Gasteiger partial charge in [-0.2, -0.15) is 0 Å². The molecule has 0 radical (unpaired) electrons. The van der Waals surface area contributed by atoms with Gasteiger partial charge in [0, 0.05) is 17.3 Å². The van der Waals surface area contributed by atoms with E-state index in [9.17, 15) is 19.2 Å². The number of halogens is 1. The average Bonchev–Trinajstić information content (AvgIpc) is 2.85. The van der Waals surface area contributed by atoms with Crippen LogP contribution in [0.15, 0.2) is 48.5 Å². The molecule has 206 valence electrons. The van der Waals surface area contributed by atoms with Crippen LogP contribution in [0.3, 0.4) is 0 Å². The summed E-state index contributed by atoms with van der Waals surface area (Å²) in [5.74, 6) is -1.31. The number of rotatable bonds is 10. The number of amides is 4. The van der Waals surface area contributed by atoms with Gasteiger partial charge in [0.1, 0.15) is 18.8 Å². The number of carbonyl (C=O) groups excluding carboxylic acids is 4. The Labute approximate surface area is 227 Å². The first-order valence-electron chi connectivity index (χ1n) is 12.1. The highest BCUT2D eigenvalue weighted by molar-refractivity contribution is 6.31. The monoisotopic (exact) mass is 546 g/mol. The van der Waals surface area contributed by atoms with Crippen molar-refractivity contribution in [3.05, 3.63) is 64.7 Å². The van der Waals surface area contributed by atoms with E-state index in [1.165, 1.54) is 6.92 Å². The Bertz CT molecular complexity index is 1130. The molecule has 0 aromatic heterocycles. The molecular weight excluding hydrogens is 512 g/mol. The van der Waals surface area contributed by atoms with Crippen LogP contribution in [0.25, 0.3) is 0 Å². The number of anilines is 1. The Morgan fingerprint density at radius 1 is 0.895 bits per heavy atom. The number of hydrogen-bond acceptors (Lipinski definition) is 6. The maximum absolute atomic E-state index is 13.2. The molecular formula is C27H35ClN4O6. The van der Waals surface area contributed by atoms with Gasteiger partial charge in [-0.3, -0.25) is 14.9 Å². The van der Waals surface area contributed by atoms with Crippen LogP contribution >= 0.6 is 11.6 Å². The molecule has 2 rings (SSSR count). The smallest absolute Gasteiger partial charge is 0.411 e. The molecule has 2 aromatic rings. The Morgan fingerprint density at radius 3 is 2.16 bits per heavy atom. The summed E-state index contributed by atoms with van der Waals surface area (Å²) in [6.07, 6.45) is -0.739. The SMILES string of the molecule is CCc1ccc(NC(=O)OCC(C)(NC(=O)CNC(=O)OC(C)(C)C)C(=O)NCc2ccccc2Cl)cc1. The number of ether oxygens (including phenoxy) is 2. The van der Waals surface area contributed by atoms with Gasteiger partial charge in [0.2, 0.25) is 11.8 Å². The molecule has 0 saturated heterocycles. The molecule has 0 bridgehead atoms. The van der Waals surface area contributed by atoms with Gasteiger partial charge < -0.3 is 25.4 Å². The summed E-state index contributed by atoms with van der Waals surface area (Å²) < 4.78 is 10.4. The van der Waals surface area contributed by atoms with E-state index in [1.54, 1.807) is 57.2 Å². The molecule has 38 heavy (non-hydrogen) atoms. The second kappa shape index (κ2) is 13.7. The first-order chi connectivity index (χ1) is 17.8. The fraction of sp³-hybridized carbons (Fsp3) is 0.407. The average molecular weight is 547 g/mol. The quantitative estimate of drug-likeness (QED) is 0.353. The topological polar surface area (TPSA) is 135 Å². The van der Waals surface area contributed by atoms with Crippen LogP contribution in [0.2, 0.25) is 5.02 Å². The zero-order chi connectivity index (χ0) is 28.3. The lowest BCUT2D eigenvalue weighted by Gasteiger charge is -2.29. The Kier molecular flexibility index (Phi) is 10.9. The van der Waals surface area contributed by atoms with Crippen molar-refractivity contribution in [3.8, 4) is 0 Å². The maximum Gasteiger partial charge on any atom is 0.411 e. The molecule has 4 amide bonds. The summed E-state index contributed by atoms with van der Waals surface area (Å²) in [4.78, 5) is 50.1. The van der Waals surface area contributed by atoms with Crippen LogP contribution in [0.5, 0.6) is 0 Å². The molecule has 0 heterocycles. The first kappa shape index (κ1) is 30.4. The van der Waals surface area contributed by atoms with Crippen molar-refractivity contribution >= 4 is 41.3 Å². The summed E-state index contributed by atoms with van der Waals surface area (Å²) in [6, 6.07) is 14.2. The lowest BCUT2D eigenvalue weighted by Crippen LogP contribution is -2.61. The zero-order valence-corrected chi connectivity index (χ0v) is 23.0. The van der Waals surface area contributed by atoms with Gasteiger partial charge in [-0.1, -0.05) is 48.9 Å². The van der Waals surface area contributed by atoms with E-state index in [0.717, 1.165) is 12.0 Å². The van der Waals surface area contributed by atoms with Crippen molar-refractivity contribution < 1.29 is 28.7 Å². The maximum atomic E-state index is 13.2. The number of alkyl carbamates (subject to hydrolysis) is 1. The van der Waals surface area contributed by atoms with Crippen LogP contribution in [0.4, 0.5) is 15.3 Å². The fourth-order valence-corrected chi connectivity index (χ4v) is 3.38. The predicted octanol–water partition coefficient (Wildman–Crippen LogP) is 4.17. The summed E-state index contributed by atoms with van der Waals surface area (Å²) in [6.45, 7) is 7.62. The minimum absolute atomic E-state index is 0.0795. The van der Waals surface area contributed by atoms with Gasteiger partial charge in [-0.15, -0.1) is 0 Å². The third-order valence-electron chi connectivity index (χ3n) is 5.21. The van der Waals surface area contributed by atoms with Crippen molar-refractivity contribution in [2.75, 3.05) is 18.5 Å². The van der Waals surface area contributed by atoms with Gasteiger partial charge in [0.05, 0.1) is 0 Å². The van der Waals surface area contributed by atoms with Gasteiger partial charge in [-0.05, 0) is 63.4 Å². The Morgan fingerprint density at radius 2 is 1.55 bits per heavy atom. The Hall–Kier alpha value is -3.79. The second-order valence-corrected chi connectivity index (χ2v) is 10.2. The van der Waals surface area contributed by atoms with Gasteiger partial charge >= 0.3 is 12.2 Å². The van der Waals surface area contributed by atoms with Crippen molar-refractivity contribution in [1.82, 2.24) is 16.0 Å². The molecule has 0 fully saturated rings. The largest absolute Gasteiger partial charge is 0.446 e. The molecule has 11 heteroatoms. The van der Waals surface area contributed by atoms with Crippen molar-refractivity contribution in [2.24, 2.45) is 0 Å². The Balaban J connectivity index is 2.06. The number of nitrogens with one attached hydrogen (secondary N) is 4. The molecule has 0 aliphatic rings. The van der Waals surface area contributed by atoms with Crippen LogP contribution in [0, 0.1) is 0 Å².